The molecule has 0 amide bonds. The lowest BCUT2D eigenvalue weighted by Crippen LogP contribution is -2.24. The van der Waals surface area contributed by atoms with Crippen LogP contribution < -0.4 is 5.32 Å². The second kappa shape index (κ2) is 6.62. The van der Waals surface area contributed by atoms with Gasteiger partial charge in [-0.05, 0) is 13.8 Å². The fourth-order valence-electron chi connectivity index (χ4n) is 1.34. The number of methoxy groups -OCH3 is 1. The largest absolute Gasteiger partial charge is 0.387 e. The minimum atomic E-state index is -0.510. The van der Waals surface area contributed by atoms with Gasteiger partial charge >= 0.3 is 0 Å². The molecular formula is C11H21N3O2. The monoisotopic (exact) mass is 227 g/mol. The second-order valence-corrected chi connectivity index (χ2v) is 4.06. The molecule has 0 saturated carbocycles. The maximum atomic E-state index is 9.86. The van der Waals surface area contributed by atoms with Crippen molar-refractivity contribution in [2.45, 2.75) is 26.0 Å². The van der Waals surface area contributed by atoms with Crippen LogP contribution in [0.15, 0.2) is 12.4 Å². The summed E-state index contributed by atoms with van der Waals surface area (Å²) in [5.74, 6) is 0. The summed E-state index contributed by atoms with van der Waals surface area (Å²) in [4.78, 5) is 0. The number of nitrogens with zero attached hydrogens (tertiary/aromatic N) is 2. The summed E-state index contributed by atoms with van der Waals surface area (Å²) in [5, 5.41) is 17.2. The first-order valence-electron chi connectivity index (χ1n) is 5.57. The third-order valence-corrected chi connectivity index (χ3v) is 2.36. The lowest BCUT2D eigenvalue weighted by molar-refractivity contribution is 0.161. The summed E-state index contributed by atoms with van der Waals surface area (Å²) in [6.07, 6.45) is 3.08. The van der Waals surface area contributed by atoms with Crippen LogP contribution in [0.4, 0.5) is 0 Å². The Morgan fingerprint density at radius 3 is 2.88 bits per heavy atom. The molecule has 0 aliphatic heterocycles. The van der Waals surface area contributed by atoms with E-state index in [1.807, 2.05) is 10.9 Å². The molecule has 5 nitrogen and oxygen atoms in total. The van der Waals surface area contributed by atoms with E-state index in [2.05, 4.69) is 24.3 Å². The van der Waals surface area contributed by atoms with Crippen molar-refractivity contribution in [3.8, 4) is 0 Å². The number of nitrogens with one attached hydrogen (secondary N) is 1. The number of aromatic nitrogens is 2. The average molecular weight is 227 g/mol. The van der Waals surface area contributed by atoms with Gasteiger partial charge in [0.1, 0.15) is 0 Å². The lowest BCUT2D eigenvalue weighted by Gasteiger charge is -2.09. The molecule has 1 rings (SSSR count). The zero-order chi connectivity index (χ0) is 12.0. The Bertz CT molecular complexity index is 299. The van der Waals surface area contributed by atoms with Crippen molar-refractivity contribution in [1.29, 1.82) is 0 Å². The van der Waals surface area contributed by atoms with Crippen molar-refractivity contribution < 1.29 is 9.84 Å². The van der Waals surface area contributed by atoms with Crippen LogP contribution in [0.25, 0.3) is 0 Å². The summed E-state index contributed by atoms with van der Waals surface area (Å²) >= 11 is 0. The van der Waals surface area contributed by atoms with E-state index in [1.165, 1.54) is 0 Å². The Balaban J connectivity index is 2.37. The van der Waals surface area contributed by atoms with Crippen molar-refractivity contribution in [2.24, 2.45) is 0 Å². The summed E-state index contributed by atoms with van der Waals surface area (Å²) in [5.41, 5.74) is 0.846. The lowest BCUT2D eigenvalue weighted by atomic mass is 10.2. The zero-order valence-corrected chi connectivity index (χ0v) is 10.2. The smallest absolute Gasteiger partial charge is 0.0944 e. The van der Waals surface area contributed by atoms with Gasteiger partial charge < -0.3 is 15.2 Å². The number of ether oxygens (including phenoxy) is 1. The highest BCUT2D eigenvalue weighted by molar-refractivity contribution is 5.08. The summed E-state index contributed by atoms with van der Waals surface area (Å²) < 4.78 is 6.75. The first-order valence-corrected chi connectivity index (χ1v) is 5.57. The molecule has 0 saturated heterocycles. The Labute approximate surface area is 96.4 Å². The van der Waals surface area contributed by atoms with Gasteiger partial charge in [-0.1, -0.05) is 0 Å². The molecule has 1 aromatic rings. The van der Waals surface area contributed by atoms with Gasteiger partial charge in [-0.25, -0.2) is 0 Å². The molecule has 0 aromatic carbocycles. The van der Waals surface area contributed by atoms with E-state index < -0.39 is 6.10 Å². The predicted molar refractivity (Wildman–Crippen MR) is 62.3 cm³/mol. The number of aliphatic hydroxyl groups excluding tert-OH is 1. The predicted octanol–water partition coefficient (Wildman–Crippen LogP) is 0.733. The fraction of sp³-hybridized carbons (Fsp3) is 0.727. The fourth-order valence-corrected chi connectivity index (χ4v) is 1.34. The maximum Gasteiger partial charge on any atom is 0.0944 e. The first kappa shape index (κ1) is 13.2. The summed E-state index contributed by atoms with van der Waals surface area (Å²) in [6.45, 7) is 6.02. The molecule has 2 N–H and O–H groups in total. The van der Waals surface area contributed by atoms with E-state index in [0.29, 0.717) is 19.2 Å². The Hall–Kier alpha value is -0.910. The molecule has 0 fully saturated rings. The van der Waals surface area contributed by atoms with Crippen LogP contribution in [0.1, 0.15) is 31.6 Å². The normalized spacial score (nSPS) is 13.3. The molecule has 0 aliphatic rings. The number of aliphatic hydroxyl groups is 1. The van der Waals surface area contributed by atoms with Crippen molar-refractivity contribution in [1.82, 2.24) is 15.1 Å². The highest BCUT2D eigenvalue weighted by atomic mass is 16.5. The van der Waals surface area contributed by atoms with Gasteiger partial charge in [-0.2, -0.15) is 5.10 Å². The van der Waals surface area contributed by atoms with Crippen LogP contribution in [0.5, 0.6) is 0 Å². The van der Waals surface area contributed by atoms with Crippen molar-refractivity contribution in [2.75, 3.05) is 26.8 Å². The third kappa shape index (κ3) is 3.92. The van der Waals surface area contributed by atoms with Crippen molar-refractivity contribution >= 4 is 0 Å². The molecule has 1 atom stereocenters. The van der Waals surface area contributed by atoms with Crippen LogP contribution >= 0.6 is 0 Å². The van der Waals surface area contributed by atoms with Gasteiger partial charge in [0.05, 0.1) is 18.9 Å². The van der Waals surface area contributed by atoms with E-state index in [4.69, 9.17) is 4.74 Å². The van der Waals surface area contributed by atoms with Crippen LogP contribution in [0.2, 0.25) is 0 Å². The number of rotatable bonds is 7. The van der Waals surface area contributed by atoms with E-state index >= 15 is 0 Å². The van der Waals surface area contributed by atoms with Gasteiger partial charge in [0.2, 0.25) is 0 Å². The SMILES string of the molecule is COCCNCC(O)c1cnn(C(C)C)c1. The molecule has 5 heteroatoms. The molecule has 0 aliphatic carbocycles. The van der Waals surface area contributed by atoms with E-state index in [1.54, 1.807) is 13.3 Å². The van der Waals surface area contributed by atoms with Gasteiger partial charge in [0, 0.05) is 38.0 Å². The molecular weight excluding hydrogens is 206 g/mol. The summed E-state index contributed by atoms with van der Waals surface area (Å²) in [7, 11) is 1.66. The van der Waals surface area contributed by atoms with E-state index in [-0.39, 0.29) is 0 Å². The minimum Gasteiger partial charge on any atom is -0.387 e. The minimum absolute atomic E-state index is 0.322. The van der Waals surface area contributed by atoms with E-state index in [9.17, 15) is 5.11 Å². The molecule has 1 heterocycles. The topological polar surface area (TPSA) is 59.3 Å². The highest BCUT2D eigenvalue weighted by Gasteiger charge is 2.10. The van der Waals surface area contributed by atoms with Crippen LogP contribution in [-0.4, -0.2) is 41.7 Å². The van der Waals surface area contributed by atoms with Gasteiger partial charge in [0.25, 0.3) is 0 Å². The number of hydrogen-bond donors (Lipinski definition) is 2. The molecule has 0 spiro atoms. The van der Waals surface area contributed by atoms with Crippen LogP contribution in [0, 0.1) is 0 Å². The van der Waals surface area contributed by atoms with Gasteiger partial charge in [-0.3, -0.25) is 4.68 Å². The van der Waals surface area contributed by atoms with Crippen molar-refractivity contribution in [3.63, 3.8) is 0 Å². The first-order chi connectivity index (χ1) is 7.65. The molecule has 1 unspecified atom stereocenters. The van der Waals surface area contributed by atoms with Crippen LogP contribution in [-0.2, 0) is 4.74 Å². The Morgan fingerprint density at radius 1 is 1.56 bits per heavy atom. The molecule has 1 aromatic heterocycles. The second-order valence-electron chi connectivity index (χ2n) is 4.06. The average Bonchev–Trinajstić information content (AvgIpc) is 2.73. The highest BCUT2D eigenvalue weighted by Crippen LogP contribution is 2.12. The van der Waals surface area contributed by atoms with Gasteiger partial charge in [0.15, 0.2) is 0 Å². The molecule has 0 radical (unpaired) electrons. The molecule has 0 bridgehead atoms. The number of hydrogen-bond acceptors (Lipinski definition) is 4. The Kier molecular flexibility index (Phi) is 5.45. The third-order valence-electron chi connectivity index (χ3n) is 2.36. The van der Waals surface area contributed by atoms with Crippen LogP contribution in [0.3, 0.4) is 0 Å². The quantitative estimate of drug-likeness (QED) is 0.674. The Morgan fingerprint density at radius 2 is 2.31 bits per heavy atom. The maximum absolute atomic E-state index is 9.86. The van der Waals surface area contributed by atoms with Crippen molar-refractivity contribution in [3.05, 3.63) is 18.0 Å². The standard InChI is InChI=1S/C11H21N3O2/c1-9(2)14-8-10(6-13-14)11(15)7-12-4-5-16-3/h6,8-9,11-12,15H,4-5,7H2,1-3H3. The molecule has 16 heavy (non-hydrogen) atoms. The molecule has 92 valence electrons. The van der Waals surface area contributed by atoms with E-state index in [0.717, 1.165) is 12.1 Å². The summed E-state index contributed by atoms with van der Waals surface area (Å²) in [6, 6.07) is 0.322. The van der Waals surface area contributed by atoms with Gasteiger partial charge in [-0.15, -0.1) is 0 Å². The zero-order valence-electron chi connectivity index (χ0n) is 10.2.